The first-order chi connectivity index (χ1) is 37.7. The van der Waals surface area contributed by atoms with Gasteiger partial charge in [-0.2, -0.15) is 0 Å². The molecule has 16 heteroatoms. The second-order valence-corrected chi connectivity index (χ2v) is 16.9. The molecule has 6 amide bonds. The molecule has 7 aromatic rings. The molecule has 0 aromatic heterocycles. The lowest BCUT2D eigenvalue weighted by Crippen LogP contribution is -2.38. The number of carbonyl (C=O) groups excluding carboxylic acids is 5. The number of anilines is 2. The molecule has 0 fully saturated rings. The van der Waals surface area contributed by atoms with Crippen LogP contribution in [0.15, 0.2) is 200 Å². The van der Waals surface area contributed by atoms with Crippen molar-refractivity contribution in [2.75, 3.05) is 36.9 Å². The van der Waals surface area contributed by atoms with Crippen molar-refractivity contribution < 1.29 is 47.7 Å². The third kappa shape index (κ3) is 26.5. The summed E-state index contributed by atoms with van der Waals surface area (Å²) >= 11 is 0. The van der Waals surface area contributed by atoms with E-state index in [1.807, 2.05) is 115 Å². The van der Waals surface area contributed by atoms with Crippen molar-refractivity contribution in [1.82, 2.24) is 21.3 Å². The third-order valence-corrected chi connectivity index (χ3v) is 10.7. The minimum atomic E-state index is -0.596. The van der Waals surface area contributed by atoms with E-state index >= 15 is 0 Å². The Morgan fingerprint density at radius 3 is 1.21 bits per heavy atom. The minimum absolute atomic E-state index is 0.123. The number of hydrogen-bond acceptors (Lipinski definition) is 10. The molecule has 0 aliphatic heterocycles. The Morgan fingerprint density at radius 2 is 0.766 bits per heavy atom. The lowest BCUT2D eigenvalue weighted by atomic mass is 10.1. The first kappa shape index (κ1) is 58.6. The minimum Gasteiger partial charge on any atom is -0.490 e. The van der Waals surface area contributed by atoms with Gasteiger partial charge in [-0.15, -0.1) is 0 Å². The van der Waals surface area contributed by atoms with Crippen LogP contribution in [0.25, 0.3) is 0 Å². The van der Waals surface area contributed by atoms with Crippen molar-refractivity contribution in [1.29, 1.82) is 0 Å². The molecular weight excluding hydrogens is 977 g/mol. The number of rotatable bonds is 24. The first-order valence-electron chi connectivity index (χ1n) is 25.6. The highest BCUT2D eigenvalue weighted by Crippen LogP contribution is 2.22. The van der Waals surface area contributed by atoms with Gasteiger partial charge in [0.25, 0.3) is 0 Å². The Hall–Kier alpha value is -9.31. The summed E-state index contributed by atoms with van der Waals surface area (Å²) in [6.07, 6.45) is 5.76. The monoisotopic (exact) mass is 1040 g/mol. The maximum absolute atomic E-state index is 12.1. The van der Waals surface area contributed by atoms with E-state index in [0.29, 0.717) is 79.1 Å². The highest BCUT2D eigenvalue weighted by atomic mass is 16.6. The van der Waals surface area contributed by atoms with Crippen molar-refractivity contribution in [3.63, 3.8) is 0 Å². The van der Waals surface area contributed by atoms with E-state index < -0.39 is 12.2 Å². The summed E-state index contributed by atoms with van der Waals surface area (Å²) in [5.74, 6) is 2.27. The van der Waals surface area contributed by atoms with E-state index in [9.17, 15) is 24.0 Å². The summed E-state index contributed by atoms with van der Waals surface area (Å²) in [5, 5.41) is 16.4. The van der Waals surface area contributed by atoms with Crippen LogP contribution in [0, 0.1) is 0 Å². The molecule has 0 aliphatic carbocycles. The molecule has 77 heavy (non-hydrogen) atoms. The molecule has 0 heterocycles. The fourth-order valence-electron chi connectivity index (χ4n) is 6.84. The van der Waals surface area contributed by atoms with Crippen LogP contribution in [0.4, 0.5) is 30.6 Å². The number of hydrogen-bond donors (Lipinski definition) is 6. The number of esters is 1. The standard InChI is InChI=1S/C28H24N2O6.C19H24N4O2.C14H20O2/c31-27(29-21-9-3-1-4-10-21)35-25-15-7-13-23(19-25)33-17-18-34-24-14-8-16-26(20-24)36-28(32)30-22-11-5-2-6-12-22;24-18(22-14-16-8-3-1-4-9-16)20-12-7-13-21-19(25)23-15-17-10-5-2-6-11-17;1-2-3-4-5-9-12-14(15)16-13-10-7-6-8-11-13/h1-16,19-20H,17-18H2,(H,29,31)(H,30,32);1-6,8-11H,7,12-15H2,(H2,20,22,24)(H2,21,23,25);6-8,10-11H,2-5,9,12H2,1H3. The molecule has 0 aliphatic rings. The summed E-state index contributed by atoms with van der Waals surface area (Å²) in [5.41, 5.74) is 3.38. The van der Waals surface area contributed by atoms with E-state index in [-0.39, 0.29) is 31.2 Å². The zero-order valence-electron chi connectivity index (χ0n) is 43.3. The summed E-state index contributed by atoms with van der Waals surface area (Å²) < 4.78 is 27.2. The molecule has 0 bridgehead atoms. The number of carbonyl (C=O) groups is 5. The van der Waals surface area contributed by atoms with Gasteiger partial charge in [-0.1, -0.05) is 160 Å². The third-order valence-electron chi connectivity index (χ3n) is 10.7. The van der Waals surface area contributed by atoms with E-state index in [1.54, 1.807) is 84.9 Å². The summed E-state index contributed by atoms with van der Waals surface area (Å²) in [6, 6.07) is 59.8. The van der Waals surface area contributed by atoms with Crippen molar-refractivity contribution in [2.45, 2.75) is 65.0 Å². The average Bonchev–Trinajstić information content (AvgIpc) is 3.45. The topological polar surface area (TPSA) is 204 Å². The molecule has 6 N–H and O–H groups in total. The average molecular weight is 1050 g/mol. The lowest BCUT2D eigenvalue weighted by molar-refractivity contribution is -0.134. The molecule has 402 valence electrons. The Morgan fingerprint density at radius 1 is 0.377 bits per heavy atom. The number of nitrogens with one attached hydrogen (secondary N) is 6. The number of para-hydroxylation sites is 3. The van der Waals surface area contributed by atoms with Gasteiger partial charge in [0.15, 0.2) is 0 Å². The van der Waals surface area contributed by atoms with Crippen LogP contribution in [0.3, 0.4) is 0 Å². The van der Waals surface area contributed by atoms with Crippen LogP contribution in [0.1, 0.15) is 63.0 Å². The number of unbranched alkanes of at least 4 members (excludes halogenated alkanes) is 4. The van der Waals surface area contributed by atoms with Gasteiger partial charge in [-0.25, -0.2) is 19.2 Å². The maximum Gasteiger partial charge on any atom is 0.417 e. The zero-order valence-corrected chi connectivity index (χ0v) is 43.3. The van der Waals surface area contributed by atoms with Crippen LogP contribution < -0.4 is 55.6 Å². The number of amides is 6. The van der Waals surface area contributed by atoms with Crippen molar-refractivity contribution >= 4 is 41.6 Å². The van der Waals surface area contributed by atoms with Crippen molar-refractivity contribution in [2.24, 2.45) is 0 Å². The molecule has 0 radical (unpaired) electrons. The number of urea groups is 2. The number of ether oxygens (including phenoxy) is 5. The second-order valence-electron chi connectivity index (χ2n) is 16.9. The predicted octanol–water partition coefficient (Wildman–Crippen LogP) is 12.7. The van der Waals surface area contributed by atoms with Crippen LogP contribution in [-0.2, 0) is 17.9 Å². The van der Waals surface area contributed by atoms with Gasteiger partial charge >= 0.3 is 30.2 Å². The SMILES string of the molecule is CCCCCCCC(=O)Oc1ccccc1.O=C(NCCCNC(=O)NCc1ccccc1)NCc1ccccc1.O=C(Nc1ccccc1)Oc1cccc(OCCOc2cccc(OC(=O)Nc3ccccc3)c2)c1. The highest BCUT2D eigenvalue weighted by molar-refractivity contribution is 5.87. The van der Waals surface area contributed by atoms with Gasteiger partial charge in [-0.05, 0) is 84.6 Å². The molecule has 0 atom stereocenters. The summed E-state index contributed by atoms with van der Waals surface area (Å²) in [6.45, 7) is 4.67. The van der Waals surface area contributed by atoms with E-state index in [0.717, 1.165) is 24.0 Å². The van der Waals surface area contributed by atoms with E-state index in [2.05, 4.69) is 38.8 Å². The fraction of sp³-hybridized carbons (Fsp3) is 0.230. The van der Waals surface area contributed by atoms with Crippen molar-refractivity contribution in [3.05, 3.63) is 211 Å². The smallest absolute Gasteiger partial charge is 0.417 e. The summed E-state index contributed by atoms with van der Waals surface area (Å²) in [7, 11) is 0. The van der Waals surface area contributed by atoms with Gasteiger partial charge in [0.05, 0.1) is 0 Å². The molecule has 7 aromatic carbocycles. The molecule has 0 saturated carbocycles. The van der Waals surface area contributed by atoms with Crippen LogP contribution in [0.2, 0.25) is 0 Å². The van der Waals surface area contributed by atoms with Gasteiger partial charge < -0.3 is 45.0 Å². The van der Waals surface area contributed by atoms with Crippen molar-refractivity contribution in [3.8, 4) is 28.7 Å². The molecule has 7 rings (SSSR count). The molecule has 0 unspecified atom stereocenters. The molecular formula is C61H68N6O10. The van der Waals surface area contributed by atoms with E-state index in [1.165, 1.54) is 19.3 Å². The van der Waals surface area contributed by atoms with Gasteiger partial charge in [0.2, 0.25) is 0 Å². The predicted molar refractivity (Wildman–Crippen MR) is 299 cm³/mol. The molecule has 0 spiro atoms. The Bertz CT molecular complexity index is 2620. The molecule has 0 saturated heterocycles. The fourth-order valence-corrected chi connectivity index (χ4v) is 6.84. The second kappa shape index (κ2) is 35.8. The maximum atomic E-state index is 12.1. The first-order valence-corrected chi connectivity index (χ1v) is 25.6. The van der Waals surface area contributed by atoms with Crippen LogP contribution in [-0.4, -0.2) is 56.5 Å². The van der Waals surface area contributed by atoms with E-state index in [4.69, 9.17) is 23.7 Å². The van der Waals surface area contributed by atoms with Gasteiger partial charge in [0.1, 0.15) is 42.0 Å². The molecule has 16 nitrogen and oxygen atoms in total. The van der Waals surface area contributed by atoms with Gasteiger partial charge in [-0.3, -0.25) is 15.4 Å². The Balaban J connectivity index is 0.000000231. The lowest BCUT2D eigenvalue weighted by Gasteiger charge is -2.11. The quantitative estimate of drug-likeness (QED) is 0.0192. The highest BCUT2D eigenvalue weighted by Gasteiger charge is 2.09. The largest absolute Gasteiger partial charge is 0.490 e. The summed E-state index contributed by atoms with van der Waals surface area (Å²) in [4.78, 5) is 58.9. The number of benzene rings is 7. The normalized spacial score (nSPS) is 10.0. The Kier molecular flexibility index (Phi) is 27.2. The van der Waals surface area contributed by atoms with Crippen LogP contribution >= 0.6 is 0 Å². The van der Waals surface area contributed by atoms with Crippen LogP contribution in [0.5, 0.6) is 28.7 Å². The van der Waals surface area contributed by atoms with Gasteiger partial charge in [0, 0.05) is 56.1 Å². The Labute approximate surface area is 450 Å². The zero-order chi connectivity index (χ0) is 54.4.